The number of aryl methyl sites for hydroxylation is 1. The van der Waals surface area contributed by atoms with E-state index >= 15 is 0 Å². The third-order valence-corrected chi connectivity index (χ3v) is 5.73. The van der Waals surface area contributed by atoms with Crippen LogP contribution >= 0.6 is 0 Å². The molecule has 0 radical (unpaired) electrons. The van der Waals surface area contributed by atoms with Crippen LogP contribution in [0, 0.1) is 0 Å². The van der Waals surface area contributed by atoms with Crippen LogP contribution in [0.2, 0.25) is 0 Å². The monoisotopic (exact) mass is 420 g/mol. The SMILES string of the molecule is COCCOc1ccc(C(C)NC(=O)c2c3c(nc4ccccc24)CCC3)cc1OC. The molecule has 6 heteroatoms. The maximum absolute atomic E-state index is 13.4. The van der Waals surface area contributed by atoms with Crippen molar-refractivity contribution in [3.8, 4) is 11.5 Å². The molecule has 31 heavy (non-hydrogen) atoms. The molecule has 162 valence electrons. The molecule has 0 fully saturated rings. The number of carbonyl (C=O) groups excluding carboxylic acids is 1. The molecule has 0 bridgehead atoms. The number of hydrogen-bond donors (Lipinski definition) is 1. The summed E-state index contributed by atoms with van der Waals surface area (Å²) in [7, 11) is 3.24. The van der Waals surface area contributed by atoms with Gasteiger partial charge in [0.2, 0.25) is 0 Å². The molecule has 4 rings (SSSR count). The van der Waals surface area contributed by atoms with E-state index in [9.17, 15) is 4.79 Å². The zero-order chi connectivity index (χ0) is 21.8. The van der Waals surface area contributed by atoms with Gasteiger partial charge in [-0.05, 0) is 55.5 Å². The minimum atomic E-state index is -0.196. The Kier molecular flexibility index (Phi) is 6.37. The fourth-order valence-electron chi connectivity index (χ4n) is 4.13. The first-order valence-electron chi connectivity index (χ1n) is 10.6. The number of para-hydroxylation sites is 1. The van der Waals surface area contributed by atoms with Crippen molar-refractivity contribution in [2.75, 3.05) is 27.4 Å². The number of ether oxygens (including phenoxy) is 3. The quantitative estimate of drug-likeness (QED) is 0.552. The van der Waals surface area contributed by atoms with Gasteiger partial charge in [0.25, 0.3) is 5.91 Å². The van der Waals surface area contributed by atoms with Crippen LogP contribution < -0.4 is 14.8 Å². The third-order valence-electron chi connectivity index (χ3n) is 5.73. The number of amides is 1. The summed E-state index contributed by atoms with van der Waals surface area (Å²) in [5.41, 5.74) is 4.72. The minimum Gasteiger partial charge on any atom is -0.493 e. The van der Waals surface area contributed by atoms with Gasteiger partial charge in [-0.3, -0.25) is 9.78 Å². The minimum absolute atomic E-state index is 0.0661. The molecule has 1 unspecified atom stereocenters. The van der Waals surface area contributed by atoms with E-state index in [0.29, 0.717) is 24.7 Å². The summed E-state index contributed by atoms with van der Waals surface area (Å²) < 4.78 is 16.2. The van der Waals surface area contributed by atoms with Crippen molar-refractivity contribution in [3.63, 3.8) is 0 Å². The molecule has 1 aromatic heterocycles. The van der Waals surface area contributed by atoms with Crippen LogP contribution in [-0.2, 0) is 17.6 Å². The summed E-state index contributed by atoms with van der Waals surface area (Å²) in [5, 5.41) is 4.08. The van der Waals surface area contributed by atoms with Crippen molar-refractivity contribution in [3.05, 3.63) is 64.8 Å². The number of aromatic nitrogens is 1. The Labute approximate surface area is 182 Å². The Morgan fingerprint density at radius 3 is 2.74 bits per heavy atom. The number of pyridine rings is 1. The number of rotatable bonds is 8. The Hall–Kier alpha value is -3.12. The average Bonchev–Trinajstić information content (AvgIpc) is 3.25. The second-order valence-corrected chi connectivity index (χ2v) is 7.73. The van der Waals surface area contributed by atoms with E-state index in [1.54, 1.807) is 14.2 Å². The fourth-order valence-corrected chi connectivity index (χ4v) is 4.13. The highest BCUT2D eigenvalue weighted by Gasteiger charge is 2.25. The first-order chi connectivity index (χ1) is 15.1. The number of fused-ring (bicyclic) bond motifs is 2. The third kappa shape index (κ3) is 4.35. The number of carbonyl (C=O) groups is 1. The van der Waals surface area contributed by atoms with Crippen LogP contribution in [0.15, 0.2) is 42.5 Å². The van der Waals surface area contributed by atoms with Crippen molar-refractivity contribution in [2.24, 2.45) is 0 Å². The van der Waals surface area contributed by atoms with Gasteiger partial charge in [-0.15, -0.1) is 0 Å². The van der Waals surface area contributed by atoms with Crippen molar-refractivity contribution in [1.29, 1.82) is 0 Å². The molecule has 1 N–H and O–H groups in total. The molecule has 0 aliphatic heterocycles. The van der Waals surface area contributed by atoms with Gasteiger partial charge in [0.1, 0.15) is 6.61 Å². The maximum atomic E-state index is 13.4. The van der Waals surface area contributed by atoms with Crippen LogP contribution in [0.3, 0.4) is 0 Å². The van der Waals surface area contributed by atoms with Crippen molar-refractivity contribution < 1.29 is 19.0 Å². The lowest BCUT2D eigenvalue weighted by Gasteiger charge is -2.19. The highest BCUT2D eigenvalue weighted by molar-refractivity contribution is 6.08. The highest BCUT2D eigenvalue weighted by Crippen LogP contribution is 2.32. The molecule has 6 nitrogen and oxygen atoms in total. The van der Waals surface area contributed by atoms with Gasteiger partial charge >= 0.3 is 0 Å². The van der Waals surface area contributed by atoms with E-state index in [4.69, 9.17) is 19.2 Å². The second kappa shape index (κ2) is 9.35. The molecule has 2 aromatic carbocycles. The van der Waals surface area contributed by atoms with Crippen LogP contribution in [0.4, 0.5) is 0 Å². The van der Waals surface area contributed by atoms with Gasteiger partial charge in [-0.1, -0.05) is 24.3 Å². The topological polar surface area (TPSA) is 69.7 Å². The van der Waals surface area contributed by atoms with E-state index in [1.807, 2.05) is 49.4 Å². The molecule has 3 aromatic rings. The summed E-state index contributed by atoms with van der Waals surface area (Å²) >= 11 is 0. The summed E-state index contributed by atoms with van der Waals surface area (Å²) in [6.07, 6.45) is 2.86. The summed E-state index contributed by atoms with van der Waals surface area (Å²) in [6.45, 7) is 2.92. The van der Waals surface area contributed by atoms with Crippen LogP contribution in [-0.4, -0.2) is 38.3 Å². The van der Waals surface area contributed by atoms with Gasteiger partial charge in [-0.2, -0.15) is 0 Å². The summed E-state index contributed by atoms with van der Waals surface area (Å²) in [6, 6.07) is 13.4. The summed E-state index contributed by atoms with van der Waals surface area (Å²) in [4.78, 5) is 18.2. The Balaban J connectivity index is 1.58. The molecule has 1 atom stereocenters. The zero-order valence-electron chi connectivity index (χ0n) is 18.2. The molecule has 0 saturated carbocycles. The first kappa shape index (κ1) is 21.1. The first-order valence-corrected chi connectivity index (χ1v) is 10.6. The molecular weight excluding hydrogens is 392 g/mol. The van der Waals surface area contributed by atoms with Crippen molar-refractivity contribution in [2.45, 2.75) is 32.2 Å². The fraction of sp³-hybridized carbons (Fsp3) is 0.360. The van der Waals surface area contributed by atoms with Gasteiger partial charge in [0.05, 0.1) is 30.8 Å². The second-order valence-electron chi connectivity index (χ2n) is 7.73. The maximum Gasteiger partial charge on any atom is 0.252 e. The number of hydrogen-bond acceptors (Lipinski definition) is 5. The Bertz CT molecular complexity index is 1100. The zero-order valence-corrected chi connectivity index (χ0v) is 18.2. The number of nitrogens with one attached hydrogen (secondary N) is 1. The molecule has 1 aliphatic carbocycles. The lowest BCUT2D eigenvalue weighted by atomic mass is 9.99. The molecule has 0 saturated heterocycles. The predicted molar refractivity (Wildman–Crippen MR) is 120 cm³/mol. The average molecular weight is 421 g/mol. The molecule has 1 amide bonds. The summed E-state index contributed by atoms with van der Waals surface area (Å²) in [5.74, 6) is 1.22. The van der Waals surface area contributed by atoms with Crippen LogP contribution in [0.25, 0.3) is 10.9 Å². The number of nitrogens with zero attached hydrogens (tertiary/aromatic N) is 1. The Morgan fingerprint density at radius 1 is 1.10 bits per heavy atom. The van der Waals surface area contributed by atoms with Crippen LogP contribution in [0.5, 0.6) is 11.5 Å². The van der Waals surface area contributed by atoms with Crippen LogP contribution in [0.1, 0.15) is 46.6 Å². The smallest absolute Gasteiger partial charge is 0.252 e. The van der Waals surface area contributed by atoms with E-state index < -0.39 is 0 Å². The Morgan fingerprint density at radius 2 is 1.94 bits per heavy atom. The van der Waals surface area contributed by atoms with Gasteiger partial charge in [0.15, 0.2) is 11.5 Å². The van der Waals surface area contributed by atoms with Crippen molar-refractivity contribution in [1.82, 2.24) is 10.3 Å². The molecule has 1 heterocycles. The largest absolute Gasteiger partial charge is 0.493 e. The number of methoxy groups -OCH3 is 2. The predicted octanol–water partition coefficient (Wildman–Crippen LogP) is 4.25. The van der Waals surface area contributed by atoms with E-state index in [0.717, 1.165) is 52.5 Å². The molecule has 1 aliphatic rings. The standard InChI is InChI=1S/C25H28N2O4/c1-16(17-11-12-22(23(15-17)30-3)31-14-13-29-2)26-25(28)24-18-7-4-5-9-20(18)27-21-10-6-8-19(21)24/h4-5,7,9,11-12,15-16H,6,8,10,13-14H2,1-3H3,(H,26,28). The van der Waals surface area contributed by atoms with E-state index in [-0.39, 0.29) is 11.9 Å². The number of benzene rings is 2. The molecule has 0 spiro atoms. The van der Waals surface area contributed by atoms with Gasteiger partial charge < -0.3 is 19.5 Å². The van der Waals surface area contributed by atoms with E-state index in [1.165, 1.54) is 0 Å². The lowest BCUT2D eigenvalue weighted by molar-refractivity contribution is 0.0940. The normalized spacial score (nSPS) is 13.6. The van der Waals surface area contributed by atoms with Crippen molar-refractivity contribution >= 4 is 16.8 Å². The van der Waals surface area contributed by atoms with Gasteiger partial charge in [-0.25, -0.2) is 0 Å². The van der Waals surface area contributed by atoms with Gasteiger partial charge in [0, 0.05) is 18.2 Å². The lowest BCUT2D eigenvalue weighted by Crippen LogP contribution is -2.28. The van der Waals surface area contributed by atoms with E-state index in [2.05, 4.69) is 5.32 Å². The highest BCUT2D eigenvalue weighted by atomic mass is 16.5. The molecular formula is C25H28N2O4.